The zero-order valence-corrected chi connectivity index (χ0v) is 11.2. The summed E-state index contributed by atoms with van der Waals surface area (Å²) in [6.45, 7) is 8.09. The van der Waals surface area contributed by atoms with Crippen molar-refractivity contribution in [2.24, 2.45) is 5.84 Å². The van der Waals surface area contributed by atoms with Crippen molar-refractivity contribution >= 4 is 5.95 Å². The van der Waals surface area contributed by atoms with Crippen molar-refractivity contribution in [2.45, 2.75) is 34.1 Å². The van der Waals surface area contributed by atoms with Crippen LogP contribution in [0.2, 0.25) is 0 Å². The molecule has 0 spiro atoms. The van der Waals surface area contributed by atoms with Crippen molar-refractivity contribution < 1.29 is 0 Å². The second-order valence-corrected chi connectivity index (χ2v) is 4.25. The zero-order chi connectivity index (χ0) is 13.3. The molecule has 3 N–H and O–H groups in total. The SMILES string of the molecule is CCc1c(C)nn(-c2cc(C)nc(NN)n2)c1C. The van der Waals surface area contributed by atoms with E-state index in [1.807, 2.05) is 31.5 Å². The fraction of sp³-hybridized carbons (Fsp3) is 0.417. The molecule has 0 saturated carbocycles. The Morgan fingerprint density at radius 2 is 2.00 bits per heavy atom. The summed E-state index contributed by atoms with van der Waals surface area (Å²) in [5, 5.41) is 4.53. The first kappa shape index (κ1) is 12.5. The molecule has 0 atom stereocenters. The van der Waals surface area contributed by atoms with Gasteiger partial charge in [-0.3, -0.25) is 5.43 Å². The molecule has 0 aliphatic rings. The molecule has 0 amide bonds. The van der Waals surface area contributed by atoms with Gasteiger partial charge in [0.15, 0.2) is 5.82 Å². The number of hydrazine groups is 1. The van der Waals surface area contributed by atoms with E-state index in [9.17, 15) is 0 Å². The number of rotatable bonds is 3. The second-order valence-electron chi connectivity index (χ2n) is 4.25. The van der Waals surface area contributed by atoms with Crippen LogP contribution in [-0.2, 0) is 6.42 Å². The van der Waals surface area contributed by atoms with Gasteiger partial charge >= 0.3 is 0 Å². The van der Waals surface area contributed by atoms with Crippen LogP contribution in [0.15, 0.2) is 6.07 Å². The molecule has 6 heteroatoms. The highest BCUT2D eigenvalue weighted by atomic mass is 15.4. The summed E-state index contributed by atoms with van der Waals surface area (Å²) in [5.74, 6) is 6.49. The number of nitrogens with one attached hydrogen (secondary N) is 1. The average Bonchev–Trinajstić information content (AvgIpc) is 2.63. The van der Waals surface area contributed by atoms with E-state index in [4.69, 9.17) is 5.84 Å². The van der Waals surface area contributed by atoms with E-state index in [0.717, 1.165) is 29.3 Å². The number of anilines is 1. The van der Waals surface area contributed by atoms with Crippen LogP contribution in [0.4, 0.5) is 5.95 Å². The number of nitrogens with two attached hydrogens (primary N) is 1. The van der Waals surface area contributed by atoms with Crippen molar-refractivity contribution in [3.63, 3.8) is 0 Å². The summed E-state index contributed by atoms with van der Waals surface area (Å²) in [4.78, 5) is 8.49. The van der Waals surface area contributed by atoms with Crippen molar-refractivity contribution in [1.29, 1.82) is 0 Å². The largest absolute Gasteiger partial charge is 0.292 e. The van der Waals surface area contributed by atoms with E-state index in [2.05, 4.69) is 27.4 Å². The Balaban J connectivity index is 2.58. The molecule has 0 aromatic carbocycles. The highest BCUT2D eigenvalue weighted by Crippen LogP contribution is 2.18. The monoisotopic (exact) mass is 246 g/mol. The maximum absolute atomic E-state index is 5.36. The van der Waals surface area contributed by atoms with Gasteiger partial charge in [-0.15, -0.1) is 0 Å². The molecule has 0 saturated heterocycles. The summed E-state index contributed by atoms with van der Waals surface area (Å²) < 4.78 is 1.84. The highest BCUT2D eigenvalue weighted by Gasteiger charge is 2.13. The van der Waals surface area contributed by atoms with Gasteiger partial charge in [-0.1, -0.05) is 6.92 Å². The Labute approximate surface area is 106 Å². The predicted octanol–water partition coefficient (Wildman–Crippen LogP) is 1.44. The molecule has 0 radical (unpaired) electrons. The van der Waals surface area contributed by atoms with Crippen LogP contribution in [0, 0.1) is 20.8 Å². The minimum Gasteiger partial charge on any atom is -0.292 e. The lowest BCUT2D eigenvalue weighted by molar-refractivity contribution is 0.797. The third kappa shape index (κ3) is 2.06. The zero-order valence-electron chi connectivity index (χ0n) is 11.2. The van der Waals surface area contributed by atoms with Crippen LogP contribution in [0.3, 0.4) is 0 Å². The standard InChI is InChI=1S/C12H18N6/c1-5-10-8(3)17-18(9(10)4)11-6-7(2)14-12(15-11)16-13/h6H,5,13H2,1-4H3,(H,14,15,16). The Morgan fingerprint density at radius 3 is 2.56 bits per heavy atom. The fourth-order valence-corrected chi connectivity index (χ4v) is 2.13. The molecule has 2 aromatic rings. The number of aromatic nitrogens is 4. The molecule has 0 aliphatic carbocycles. The number of nitrogen functional groups attached to an aromatic ring is 1. The van der Waals surface area contributed by atoms with E-state index in [-0.39, 0.29) is 0 Å². The van der Waals surface area contributed by atoms with E-state index in [0.29, 0.717) is 5.95 Å². The van der Waals surface area contributed by atoms with Crippen LogP contribution >= 0.6 is 0 Å². The minimum atomic E-state index is 0.399. The Bertz CT molecular complexity index is 572. The first-order valence-corrected chi connectivity index (χ1v) is 5.94. The molecule has 2 rings (SSSR count). The first-order valence-electron chi connectivity index (χ1n) is 5.94. The van der Waals surface area contributed by atoms with Crippen molar-refractivity contribution in [3.05, 3.63) is 28.7 Å². The summed E-state index contributed by atoms with van der Waals surface area (Å²) >= 11 is 0. The molecule has 2 aromatic heterocycles. The van der Waals surface area contributed by atoms with Gasteiger partial charge < -0.3 is 0 Å². The van der Waals surface area contributed by atoms with Gasteiger partial charge in [0.25, 0.3) is 0 Å². The third-order valence-electron chi connectivity index (χ3n) is 2.98. The van der Waals surface area contributed by atoms with Crippen LogP contribution < -0.4 is 11.3 Å². The lowest BCUT2D eigenvalue weighted by Gasteiger charge is -2.07. The highest BCUT2D eigenvalue weighted by molar-refractivity contribution is 5.37. The molecule has 2 heterocycles. The van der Waals surface area contributed by atoms with Crippen LogP contribution in [0.1, 0.15) is 29.6 Å². The first-order chi connectivity index (χ1) is 8.56. The summed E-state index contributed by atoms with van der Waals surface area (Å²) in [7, 11) is 0. The Morgan fingerprint density at radius 1 is 1.28 bits per heavy atom. The van der Waals surface area contributed by atoms with E-state index < -0.39 is 0 Å². The van der Waals surface area contributed by atoms with E-state index >= 15 is 0 Å². The van der Waals surface area contributed by atoms with Gasteiger partial charge in [0.05, 0.1) is 5.69 Å². The molecule has 0 unspecified atom stereocenters. The van der Waals surface area contributed by atoms with Crippen LogP contribution in [0.5, 0.6) is 0 Å². The molecule has 96 valence electrons. The number of hydrogen-bond acceptors (Lipinski definition) is 5. The maximum Gasteiger partial charge on any atom is 0.239 e. The van der Waals surface area contributed by atoms with Gasteiger partial charge in [0.1, 0.15) is 0 Å². The molecule has 0 aliphatic heterocycles. The molecule has 6 nitrogen and oxygen atoms in total. The van der Waals surface area contributed by atoms with E-state index in [1.165, 1.54) is 5.56 Å². The normalized spacial score (nSPS) is 10.7. The quantitative estimate of drug-likeness (QED) is 0.632. The van der Waals surface area contributed by atoms with Gasteiger partial charge in [-0.2, -0.15) is 10.1 Å². The predicted molar refractivity (Wildman–Crippen MR) is 70.6 cm³/mol. The maximum atomic E-state index is 5.36. The smallest absolute Gasteiger partial charge is 0.239 e. The Kier molecular flexibility index (Phi) is 3.29. The average molecular weight is 246 g/mol. The van der Waals surface area contributed by atoms with Gasteiger partial charge in [0.2, 0.25) is 5.95 Å². The van der Waals surface area contributed by atoms with Gasteiger partial charge in [0, 0.05) is 17.5 Å². The summed E-state index contributed by atoms with van der Waals surface area (Å²) in [6, 6.07) is 1.89. The van der Waals surface area contributed by atoms with E-state index in [1.54, 1.807) is 0 Å². The van der Waals surface area contributed by atoms with Gasteiger partial charge in [-0.05, 0) is 32.8 Å². The third-order valence-corrected chi connectivity index (χ3v) is 2.98. The fourth-order valence-electron chi connectivity index (χ4n) is 2.13. The summed E-state index contributed by atoms with van der Waals surface area (Å²) in [5.41, 5.74) is 6.72. The minimum absolute atomic E-state index is 0.399. The van der Waals surface area contributed by atoms with Gasteiger partial charge in [-0.25, -0.2) is 15.5 Å². The van der Waals surface area contributed by atoms with Crippen molar-refractivity contribution in [2.75, 3.05) is 5.43 Å². The number of aryl methyl sites for hydroxylation is 2. The molecular formula is C12H18N6. The molecule has 0 bridgehead atoms. The molecular weight excluding hydrogens is 228 g/mol. The van der Waals surface area contributed by atoms with Crippen LogP contribution in [0.25, 0.3) is 5.82 Å². The molecule has 0 fully saturated rings. The lowest BCUT2D eigenvalue weighted by atomic mass is 10.1. The van der Waals surface area contributed by atoms with Crippen molar-refractivity contribution in [3.8, 4) is 5.82 Å². The summed E-state index contributed by atoms with van der Waals surface area (Å²) in [6.07, 6.45) is 0.962. The second kappa shape index (κ2) is 4.73. The van der Waals surface area contributed by atoms with Crippen LogP contribution in [-0.4, -0.2) is 19.7 Å². The Hall–Kier alpha value is -1.95. The topological polar surface area (TPSA) is 81.7 Å². The molecule has 18 heavy (non-hydrogen) atoms. The van der Waals surface area contributed by atoms with Crippen molar-refractivity contribution in [1.82, 2.24) is 19.7 Å². The number of hydrogen-bond donors (Lipinski definition) is 2. The number of nitrogens with zero attached hydrogens (tertiary/aromatic N) is 4. The lowest BCUT2D eigenvalue weighted by Crippen LogP contribution is -2.13.